The summed E-state index contributed by atoms with van der Waals surface area (Å²) >= 11 is 1.65. The van der Waals surface area contributed by atoms with Crippen molar-refractivity contribution in [3.8, 4) is 0 Å². The number of nitrogens with zero attached hydrogens (tertiary/aromatic N) is 2. The van der Waals surface area contributed by atoms with Crippen molar-refractivity contribution >= 4 is 17.7 Å². The van der Waals surface area contributed by atoms with Gasteiger partial charge in [0.15, 0.2) is 0 Å². The van der Waals surface area contributed by atoms with Crippen molar-refractivity contribution in [1.82, 2.24) is 9.80 Å². The van der Waals surface area contributed by atoms with Crippen LogP contribution in [0, 0.1) is 5.92 Å². The third kappa shape index (κ3) is 5.14. The van der Waals surface area contributed by atoms with Crippen molar-refractivity contribution in [3.05, 3.63) is 0 Å². The molecule has 2 fully saturated rings. The molecule has 2 aliphatic heterocycles. The van der Waals surface area contributed by atoms with E-state index < -0.39 is 0 Å². The molecule has 0 aromatic heterocycles. The van der Waals surface area contributed by atoms with Gasteiger partial charge in [-0.05, 0) is 58.8 Å². The number of likely N-dealkylation sites (tertiary alicyclic amines) is 1. The lowest BCUT2D eigenvalue weighted by molar-refractivity contribution is -0.131. The highest BCUT2D eigenvalue weighted by molar-refractivity contribution is 7.99. The van der Waals surface area contributed by atoms with Gasteiger partial charge in [-0.2, -0.15) is 11.8 Å². The first-order chi connectivity index (χ1) is 10.5. The lowest BCUT2D eigenvalue weighted by Gasteiger charge is -2.37. The van der Waals surface area contributed by atoms with E-state index >= 15 is 0 Å². The number of ether oxygens (including phenoxy) is 1. The monoisotopic (exact) mass is 328 g/mol. The topological polar surface area (TPSA) is 32.8 Å². The minimum Gasteiger partial charge on any atom is -0.373 e. The maximum absolute atomic E-state index is 12.2. The molecule has 0 radical (unpaired) electrons. The molecule has 2 saturated heterocycles. The summed E-state index contributed by atoms with van der Waals surface area (Å²) in [6.45, 7) is 11.5. The maximum Gasteiger partial charge on any atom is 0.235 e. The molecule has 2 heterocycles. The van der Waals surface area contributed by atoms with Gasteiger partial charge in [-0.1, -0.05) is 0 Å². The molecule has 0 aromatic rings. The first kappa shape index (κ1) is 18.1. The van der Waals surface area contributed by atoms with E-state index in [1.807, 2.05) is 13.2 Å². The fourth-order valence-electron chi connectivity index (χ4n) is 3.63. The van der Waals surface area contributed by atoms with Crippen LogP contribution in [0.3, 0.4) is 0 Å². The van der Waals surface area contributed by atoms with Crippen LogP contribution < -0.4 is 0 Å². The van der Waals surface area contributed by atoms with Crippen molar-refractivity contribution < 1.29 is 9.53 Å². The summed E-state index contributed by atoms with van der Waals surface area (Å²) in [5.41, 5.74) is 0. The zero-order chi connectivity index (χ0) is 16.1. The average Bonchev–Trinajstić information content (AvgIpc) is 2.51. The second-order valence-electron chi connectivity index (χ2n) is 6.95. The molecular weight excluding hydrogens is 296 g/mol. The number of hydrogen-bond donors (Lipinski definition) is 0. The van der Waals surface area contributed by atoms with Crippen LogP contribution in [-0.2, 0) is 9.53 Å². The Hall–Kier alpha value is -0.260. The smallest absolute Gasteiger partial charge is 0.235 e. The van der Waals surface area contributed by atoms with E-state index in [1.54, 1.807) is 11.8 Å². The fraction of sp³-hybridized carbons (Fsp3) is 0.941. The van der Waals surface area contributed by atoms with Gasteiger partial charge in [0.05, 0.1) is 17.5 Å². The Morgan fingerprint density at radius 1 is 1.23 bits per heavy atom. The number of rotatable bonds is 5. The number of piperidine rings is 1. The minimum absolute atomic E-state index is 0.105. The second-order valence-corrected chi connectivity index (χ2v) is 8.13. The standard InChI is InChI=1S/C17H32N2O2S/c1-13-11-18(12-14(2)21-13)8-5-16-6-9-19(10-7-16)17(20)15(3)22-4/h13-16H,5-12H2,1-4H3/t13-,14-,15+/m0/s1. The maximum atomic E-state index is 12.2. The summed E-state index contributed by atoms with van der Waals surface area (Å²) < 4.78 is 5.79. The van der Waals surface area contributed by atoms with Crippen LogP contribution in [0.5, 0.6) is 0 Å². The molecule has 0 N–H and O–H groups in total. The van der Waals surface area contributed by atoms with Crippen LogP contribution in [0.25, 0.3) is 0 Å². The van der Waals surface area contributed by atoms with E-state index in [4.69, 9.17) is 4.74 Å². The predicted molar refractivity (Wildman–Crippen MR) is 93.3 cm³/mol. The van der Waals surface area contributed by atoms with Crippen molar-refractivity contribution in [2.75, 3.05) is 39.0 Å². The molecule has 0 unspecified atom stereocenters. The molecule has 0 saturated carbocycles. The van der Waals surface area contributed by atoms with Gasteiger partial charge in [0.2, 0.25) is 5.91 Å². The average molecular weight is 329 g/mol. The Bertz CT molecular complexity index is 349. The highest BCUT2D eigenvalue weighted by Crippen LogP contribution is 2.23. The third-order valence-electron chi connectivity index (χ3n) is 4.98. The molecule has 2 aliphatic rings. The van der Waals surface area contributed by atoms with E-state index in [9.17, 15) is 4.79 Å². The summed E-state index contributed by atoms with van der Waals surface area (Å²) in [7, 11) is 0. The first-order valence-electron chi connectivity index (χ1n) is 8.69. The van der Waals surface area contributed by atoms with Gasteiger partial charge in [-0.15, -0.1) is 0 Å². The van der Waals surface area contributed by atoms with E-state index in [-0.39, 0.29) is 5.25 Å². The van der Waals surface area contributed by atoms with Gasteiger partial charge in [-0.25, -0.2) is 0 Å². The molecule has 0 spiro atoms. The van der Waals surface area contributed by atoms with Crippen LogP contribution in [0.1, 0.15) is 40.0 Å². The van der Waals surface area contributed by atoms with E-state index in [0.717, 1.165) is 32.1 Å². The Balaban J connectivity index is 1.68. The van der Waals surface area contributed by atoms with Crippen LogP contribution in [0.15, 0.2) is 0 Å². The molecular formula is C17H32N2O2S. The molecule has 1 amide bonds. The number of morpholine rings is 1. The Morgan fingerprint density at radius 3 is 2.36 bits per heavy atom. The normalized spacial score (nSPS) is 29.5. The van der Waals surface area contributed by atoms with E-state index in [2.05, 4.69) is 23.6 Å². The molecule has 0 aromatic carbocycles. The second kappa shape index (κ2) is 8.55. The molecule has 5 heteroatoms. The van der Waals surface area contributed by atoms with Crippen LogP contribution >= 0.6 is 11.8 Å². The van der Waals surface area contributed by atoms with Gasteiger partial charge >= 0.3 is 0 Å². The van der Waals surface area contributed by atoms with E-state index in [1.165, 1.54) is 25.8 Å². The number of amides is 1. The highest BCUT2D eigenvalue weighted by atomic mass is 32.2. The highest BCUT2D eigenvalue weighted by Gasteiger charge is 2.27. The summed E-state index contributed by atoms with van der Waals surface area (Å²) in [5.74, 6) is 1.10. The first-order valence-corrected chi connectivity index (χ1v) is 9.97. The Kier molecular flexibility index (Phi) is 7.03. The predicted octanol–water partition coefficient (Wildman–Crippen LogP) is 2.48. The third-order valence-corrected chi connectivity index (χ3v) is 5.89. The number of carbonyl (C=O) groups excluding carboxylic acids is 1. The van der Waals surface area contributed by atoms with Crippen LogP contribution in [0.4, 0.5) is 0 Å². The molecule has 22 heavy (non-hydrogen) atoms. The Labute approximate surface area is 139 Å². The summed E-state index contributed by atoms with van der Waals surface area (Å²) in [4.78, 5) is 16.8. The lowest BCUT2D eigenvalue weighted by Crippen LogP contribution is -2.46. The minimum atomic E-state index is 0.105. The fourth-order valence-corrected chi connectivity index (χ4v) is 3.98. The van der Waals surface area contributed by atoms with Crippen molar-refractivity contribution in [2.24, 2.45) is 5.92 Å². The van der Waals surface area contributed by atoms with Gasteiger partial charge in [0.25, 0.3) is 0 Å². The summed E-state index contributed by atoms with van der Waals surface area (Å²) in [5, 5.41) is 0.105. The van der Waals surface area contributed by atoms with Gasteiger partial charge in [0.1, 0.15) is 0 Å². The molecule has 3 atom stereocenters. The van der Waals surface area contributed by atoms with Gasteiger partial charge in [-0.3, -0.25) is 9.69 Å². The Morgan fingerprint density at radius 2 is 1.82 bits per heavy atom. The quantitative estimate of drug-likeness (QED) is 0.776. The molecule has 0 bridgehead atoms. The van der Waals surface area contributed by atoms with Crippen LogP contribution in [-0.4, -0.2) is 72.1 Å². The van der Waals surface area contributed by atoms with Crippen molar-refractivity contribution in [2.45, 2.75) is 57.5 Å². The zero-order valence-corrected chi connectivity index (χ0v) is 15.4. The largest absolute Gasteiger partial charge is 0.373 e. The van der Waals surface area contributed by atoms with Gasteiger partial charge in [0, 0.05) is 26.2 Å². The molecule has 4 nitrogen and oxygen atoms in total. The molecule has 2 rings (SSSR count). The number of carbonyl (C=O) groups is 1. The SMILES string of the molecule is CS[C@H](C)C(=O)N1CCC(CCN2C[C@H](C)O[C@@H](C)C2)CC1. The van der Waals surface area contributed by atoms with Crippen molar-refractivity contribution in [1.29, 1.82) is 0 Å². The number of hydrogen-bond acceptors (Lipinski definition) is 4. The molecule has 0 aliphatic carbocycles. The number of thioether (sulfide) groups is 1. The van der Waals surface area contributed by atoms with Gasteiger partial charge < -0.3 is 9.64 Å². The summed E-state index contributed by atoms with van der Waals surface area (Å²) in [6.07, 6.45) is 6.33. The summed E-state index contributed by atoms with van der Waals surface area (Å²) in [6, 6.07) is 0. The molecule has 128 valence electrons. The lowest BCUT2D eigenvalue weighted by atomic mass is 9.93. The van der Waals surface area contributed by atoms with Crippen LogP contribution in [0.2, 0.25) is 0 Å². The van der Waals surface area contributed by atoms with Crippen molar-refractivity contribution in [3.63, 3.8) is 0 Å². The van der Waals surface area contributed by atoms with E-state index in [0.29, 0.717) is 18.1 Å². The zero-order valence-electron chi connectivity index (χ0n) is 14.6.